The second-order valence-corrected chi connectivity index (χ2v) is 6.14. The van der Waals surface area contributed by atoms with Gasteiger partial charge >= 0.3 is 6.18 Å². The predicted octanol–water partition coefficient (Wildman–Crippen LogP) is 4.30. The molecule has 2 aromatic rings. The minimum absolute atomic E-state index is 0. The summed E-state index contributed by atoms with van der Waals surface area (Å²) in [7, 11) is 0. The number of hydrogen-bond donors (Lipinski definition) is 1. The maximum atomic E-state index is 12.5. The fourth-order valence-corrected chi connectivity index (χ4v) is 2.68. The monoisotopic (exact) mass is 437 g/mol. The molecule has 0 atom stereocenters. The molecule has 0 unspecified atom stereocenters. The molecule has 5 nitrogen and oxygen atoms in total. The van der Waals surface area contributed by atoms with Crippen LogP contribution in [0.4, 0.5) is 13.2 Å². The number of piperidine rings is 1. The first-order valence-electron chi connectivity index (χ1n) is 8.19. The van der Waals surface area contributed by atoms with Crippen molar-refractivity contribution in [2.24, 2.45) is 5.73 Å². The zero-order valence-electron chi connectivity index (χ0n) is 14.7. The van der Waals surface area contributed by atoms with Gasteiger partial charge in [-0.05, 0) is 43.2 Å². The van der Waals surface area contributed by atoms with Crippen LogP contribution >= 0.6 is 24.8 Å². The van der Waals surface area contributed by atoms with Crippen molar-refractivity contribution in [3.8, 4) is 11.6 Å². The van der Waals surface area contributed by atoms with Gasteiger partial charge in [0.05, 0.1) is 5.56 Å². The number of rotatable bonds is 3. The lowest BCUT2D eigenvalue weighted by molar-refractivity contribution is -0.137. The van der Waals surface area contributed by atoms with Gasteiger partial charge in [0.15, 0.2) is 0 Å². The Kier molecular flexibility index (Phi) is 8.53. The fraction of sp³-hybridized carbons (Fsp3) is 0.333. The number of pyridine rings is 1. The van der Waals surface area contributed by atoms with Gasteiger partial charge in [-0.3, -0.25) is 4.79 Å². The molecule has 2 heterocycles. The first-order chi connectivity index (χ1) is 12.3. The maximum Gasteiger partial charge on any atom is 0.417 e. The highest BCUT2D eigenvalue weighted by molar-refractivity contribution is 5.94. The van der Waals surface area contributed by atoms with Crippen LogP contribution in [0.3, 0.4) is 0 Å². The Bertz CT molecular complexity index is 763. The second-order valence-electron chi connectivity index (χ2n) is 6.14. The van der Waals surface area contributed by atoms with Gasteiger partial charge in [-0.2, -0.15) is 13.2 Å². The summed E-state index contributed by atoms with van der Waals surface area (Å²) in [4.78, 5) is 17.8. The SMILES string of the molecule is Cl.Cl.NC1CCN(C(=O)c2ccc(Oc3ccc(C(F)(F)F)cn3)cc2)CC1. The highest BCUT2D eigenvalue weighted by Gasteiger charge is 2.30. The fourth-order valence-electron chi connectivity index (χ4n) is 2.68. The third kappa shape index (κ3) is 5.98. The molecule has 0 aliphatic carbocycles. The molecule has 0 spiro atoms. The topological polar surface area (TPSA) is 68.5 Å². The number of hydrogen-bond acceptors (Lipinski definition) is 4. The minimum Gasteiger partial charge on any atom is -0.439 e. The summed E-state index contributed by atoms with van der Waals surface area (Å²) in [6.45, 7) is 1.27. The Morgan fingerprint density at radius 1 is 1.07 bits per heavy atom. The molecule has 154 valence electrons. The third-order valence-electron chi connectivity index (χ3n) is 4.21. The number of nitrogens with zero attached hydrogens (tertiary/aromatic N) is 2. The summed E-state index contributed by atoms with van der Waals surface area (Å²) in [5.74, 6) is 0.354. The first kappa shape index (κ1) is 24.0. The summed E-state index contributed by atoms with van der Waals surface area (Å²) < 4.78 is 43.0. The molecule has 3 rings (SSSR count). The van der Waals surface area contributed by atoms with E-state index in [-0.39, 0.29) is 42.6 Å². The largest absolute Gasteiger partial charge is 0.439 e. The van der Waals surface area contributed by atoms with E-state index < -0.39 is 11.7 Å². The lowest BCUT2D eigenvalue weighted by Gasteiger charge is -2.30. The number of nitrogens with two attached hydrogens (primary N) is 1. The lowest BCUT2D eigenvalue weighted by atomic mass is 10.0. The van der Waals surface area contributed by atoms with Crippen molar-refractivity contribution in [1.82, 2.24) is 9.88 Å². The molecule has 1 aliphatic rings. The Morgan fingerprint density at radius 3 is 2.18 bits per heavy atom. The number of carbonyl (C=O) groups is 1. The van der Waals surface area contributed by atoms with Crippen LogP contribution in [0, 0.1) is 0 Å². The van der Waals surface area contributed by atoms with E-state index in [1.165, 1.54) is 0 Å². The molecule has 1 amide bonds. The number of amides is 1. The first-order valence-corrected chi connectivity index (χ1v) is 8.19. The molecule has 10 heteroatoms. The van der Waals surface area contributed by atoms with Crippen LogP contribution in [0.2, 0.25) is 0 Å². The van der Waals surface area contributed by atoms with Gasteiger partial charge < -0.3 is 15.4 Å². The number of aromatic nitrogens is 1. The molecular weight excluding hydrogens is 418 g/mol. The molecule has 0 radical (unpaired) electrons. The highest BCUT2D eigenvalue weighted by atomic mass is 35.5. The Morgan fingerprint density at radius 2 is 1.68 bits per heavy atom. The van der Waals surface area contributed by atoms with Gasteiger partial charge in [-0.1, -0.05) is 0 Å². The van der Waals surface area contributed by atoms with E-state index >= 15 is 0 Å². The van der Waals surface area contributed by atoms with Crippen LogP contribution < -0.4 is 10.5 Å². The number of benzene rings is 1. The van der Waals surface area contributed by atoms with Crippen molar-refractivity contribution in [1.29, 1.82) is 0 Å². The smallest absolute Gasteiger partial charge is 0.417 e. The average molecular weight is 438 g/mol. The number of halogens is 5. The summed E-state index contributed by atoms with van der Waals surface area (Å²) in [5, 5.41) is 0. The standard InChI is InChI=1S/C18H18F3N3O2.2ClH/c19-18(20,21)13-3-6-16(23-11-13)26-15-4-1-12(2-5-15)17(25)24-9-7-14(22)8-10-24;;/h1-6,11,14H,7-10,22H2;2*1H. The van der Waals surface area contributed by atoms with Crippen LogP contribution in [0.1, 0.15) is 28.8 Å². The second kappa shape index (κ2) is 9.95. The maximum absolute atomic E-state index is 12.5. The molecule has 1 saturated heterocycles. The van der Waals surface area contributed by atoms with Crippen LogP contribution in [0.15, 0.2) is 42.6 Å². The predicted molar refractivity (Wildman–Crippen MR) is 103 cm³/mol. The molecule has 28 heavy (non-hydrogen) atoms. The molecule has 0 saturated carbocycles. The van der Waals surface area contributed by atoms with Crippen LogP contribution in [0.5, 0.6) is 11.6 Å². The Labute approximate surface area is 172 Å². The van der Waals surface area contributed by atoms with Gasteiger partial charge in [-0.25, -0.2) is 4.98 Å². The number of alkyl halides is 3. The van der Waals surface area contributed by atoms with Crippen molar-refractivity contribution in [3.05, 3.63) is 53.7 Å². The molecule has 1 aliphatic heterocycles. The van der Waals surface area contributed by atoms with Gasteiger partial charge in [0.2, 0.25) is 5.88 Å². The van der Waals surface area contributed by atoms with E-state index in [0.717, 1.165) is 25.0 Å². The molecule has 2 N–H and O–H groups in total. The van der Waals surface area contributed by atoms with Crippen molar-refractivity contribution in [3.63, 3.8) is 0 Å². The number of likely N-dealkylation sites (tertiary alicyclic amines) is 1. The zero-order chi connectivity index (χ0) is 18.7. The molecule has 1 aromatic heterocycles. The van der Waals surface area contributed by atoms with E-state index in [2.05, 4.69) is 4.98 Å². The van der Waals surface area contributed by atoms with Crippen molar-refractivity contribution in [2.45, 2.75) is 25.1 Å². The molecule has 1 fully saturated rings. The Balaban J connectivity index is 0.00000196. The van der Waals surface area contributed by atoms with Crippen molar-refractivity contribution >= 4 is 30.7 Å². The van der Waals surface area contributed by atoms with Crippen LogP contribution in [-0.4, -0.2) is 34.9 Å². The van der Waals surface area contributed by atoms with Gasteiger partial charge in [0.1, 0.15) is 5.75 Å². The van der Waals surface area contributed by atoms with Crippen molar-refractivity contribution in [2.75, 3.05) is 13.1 Å². The molecular formula is C18H20Cl2F3N3O2. The van der Waals surface area contributed by atoms with E-state index in [4.69, 9.17) is 10.5 Å². The third-order valence-corrected chi connectivity index (χ3v) is 4.21. The highest BCUT2D eigenvalue weighted by Crippen LogP contribution is 2.30. The quantitative estimate of drug-likeness (QED) is 0.776. The van der Waals surface area contributed by atoms with E-state index in [9.17, 15) is 18.0 Å². The minimum atomic E-state index is -4.44. The number of ether oxygens (including phenoxy) is 1. The number of carbonyl (C=O) groups excluding carboxylic acids is 1. The van der Waals surface area contributed by atoms with E-state index in [0.29, 0.717) is 30.6 Å². The summed E-state index contributed by atoms with van der Waals surface area (Å²) >= 11 is 0. The zero-order valence-corrected chi connectivity index (χ0v) is 16.3. The molecule has 0 bridgehead atoms. The van der Waals surface area contributed by atoms with Gasteiger partial charge in [0, 0.05) is 37.0 Å². The van der Waals surface area contributed by atoms with Crippen LogP contribution in [-0.2, 0) is 6.18 Å². The average Bonchev–Trinajstić information content (AvgIpc) is 2.62. The summed E-state index contributed by atoms with van der Waals surface area (Å²) in [6, 6.07) is 8.61. The van der Waals surface area contributed by atoms with Gasteiger partial charge in [-0.15, -0.1) is 24.8 Å². The van der Waals surface area contributed by atoms with Gasteiger partial charge in [0.25, 0.3) is 5.91 Å². The summed E-state index contributed by atoms with van der Waals surface area (Å²) in [6.07, 6.45) is -2.15. The van der Waals surface area contributed by atoms with E-state index in [1.54, 1.807) is 29.2 Å². The Hall–Kier alpha value is -2.03. The lowest BCUT2D eigenvalue weighted by Crippen LogP contribution is -2.42. The van der Waals surface area contributed by atoms with Crippen molar-refractivity contribution < 1.29 is 22.7 Å². The summed E-state index contributed by atoms with van der Waals surface area (Å²) in [5.41, 5.74) is 5.52. The normalized spacial score (nSPS) is 14.6. The molecule has 1 aromatic carbocycles. The van der Waals surface area contributed by atoms with Crippen LogP contribution in [0.25, 0.3) is 0 Å². The van der Waals surface area contributed by atoms with E-state index in [1.807, 2.05) is 0 Å².